The quantitative estimate of drug-likeness (QED) is 0.769. The lowest BCUT2D eigenvalue weighted by Gasteiger charge is -2.05. The Kier molecular flexibility index (Phi) is 4.30. The van der Waals surface area contributed by atoms with Crippen LogP contribution in [-0.4, -0.2) is 16.5 Å². The third-order valence-corrected chi connectivity index (χ3v) is 2.80. The van der Waals surface area contributed by atoms with E-state index in [1.54, 1.807) is 0 Å². The van der Waals surface area contributed by atoms with Crippen molar-refractivity contribution in [3.63, 3.8) is 0 Å². The fraction of sp³-hybridized carbons (Fsp3) is 0.429. The van der Waals surface area contributed by atoms with E-state index in [0.29, 0.717) is 0 Å². The Morgan fingerprint density at radius 3 is 2.88 bits per heavy atom. The highest BCUT2D eigenvalue weighted by molar-refractivity contribution is 5.78. The zero-order valence-electron chi connectivity index (χ0n) is 10.3. The summed E-state index contributed by atoms with van der Waals surface area (Å²) in [7, 11) is 0. The number of hydrogen-bond donors (Lipinski definition) is 1. The third kappa shape index (κ3) is 3.41. The van der Waals surface area contributed by atoms with Gasteiger partial charge in [-0.3, -0.25) is 0 Å². The molecule has 0 saturated carbocycles. The van der Waals surface area contributed by atoms with Gasteiger partial charge < -0.3 is 5.32 Å². The Hall–Kier alpha value is -1.64. The van der Waals surface area contributed by atoms with Crippen molar-refractivity contribution in [1.82, 2.24) is 9.97 Å². The average molecular weight is 229 g/mol. The van der Waals surface area contributed by atoms with Crippen molar-refractivity contribution in [2.24, 2.45) is 0 Å². The molecule has 1 N–H and O–H groups in total. The molecule has 90 valence electrons. The summed E-state index contributed by atoms with van der Waals surface area (Å²) < 4.78 is 0. The summed E-state index contributed by atoms with van der Waals surface area (Å²) in [4.78, 5) is 8.77. The van der Waals surface area contributed by atoms with E-state index in [1.165, 1.54) is 25.7 Å². The highest BCUT2D eigenvalue weighted by atomic mass is 15.1. The number of nitrogens with one attached hydrogen (secondary N) is 1. The summed E-state index contributed by atoms with van der Waals surface area (Å²) in [5.74, 6) is 0.736. The van der Waals surface area contributed by atoms with Gasteiger partial charge in [0.05, 0.1) is 5.52 Å². The first-order chi connectivity index (χ1) is 8.40. The van der Waals surface area contributed by atoms with Crippen LogP contribution in [0.25, 0.3) is 10.9 Å². The second kappa shape index (κ2) is 6.18. The van der Waals surface area contributed by atoms with Gasteiger partial charge in [0.2, 0.25) is 5.95 Å². The molecule has 0 radical (unpaired) electrons. The molecule has 3 nitrogen and oxygen atoms in total. The van der Waals surface area contributed by atoms with Crippen LogP contribution in [-0.2, 0) is 0 Å². The van der Waals surface area contributed by atoms with Crippen molar-refractivity contribution < 1.29 is 0 Å². The van der Waals surface area contributed by atoms with Crippen molar-refractivity contribution in [2.45, 2.75) is 32.6 Å². The second-order valence-corrected chi connectivity index (χ2v) is 4.24. The summed E-state index contributed by atoms with van der Waals surface area (Å²) in [5.41, 5.74) is 0.999. The van der Waals surface area contributed by atoms with E-state index < -0.39 is 0 Å². The van der Waals surface area contributed by atoms with Gasteiger partial charge in [0.15, 0.2) is 0 Å². The van der Waals surface area contributed by atoms with Gasteiger partial charge in [0.25, 0.3) is 0 Å². The topological polar surface area (TPSA) is 37.8 Å². The first-order valence-electron chi connectivity index (χ1n) is 6.36. The van der Waals surface area contributed by atoms with Gasteiger partial charge in [-0.05, 0) is 12.5 Å². The van der Waals surface area contributed by atoms with E-state index in [-0.39, 0.29) is 0 Å². The molecule has 0 atom stereocenters. The molecule has 2 rings (SSSR count). The number of para-hydroxylation sites is 1. The van der Waals surface area contributed by atoms with Crippen LogP contribution >= 0.6 is 0 Å². The van der Waals surface area contributed by atoms with Gasteiger partial charge in [0, 0.05) is 18.1 Å². The van der Waals surface area contributed by atoms with Gasteiger partial charge in [-0.25, -0.2) is 9.97 Å². The smallest absolute Gasteiger partial charge is 0.223 e. The van der Waals surface area contributed by atoms with Crippen LogP contribution in [0.2, 0.25) is 0 Å². The number of hydrogen-bond acceptors (Lipinski definition) is 3. The molecule has 1 aromatic heterocycles. The maximum atomic E-state index is 4.47. The molecule has 0 saturated heterocycles. The van der Waals surface area contributed by atoms with Gasteiger partial charge in [0.1, 0.15) is 0 Å². The minimum absolute atomic E-state index is 0.736. The first-order valence-corrected chi connectivity index (χ1v) is 6.36. The van der Waals surface area contributed by atoms with Crippen LogP contribution in [0.5, 0.6) is 0 Å². The van der Waals surface area contributed by atoms with Crippen molar-refractivity contribution in [3.05, 3.63) is 30.5 Å². The van der Waals surface area contributed by atoms with Crippen LogP contribution in [0.3, 0.4) is 0 Å². The van der Waals surface area contributed by atoms with E-state index in [9.17, 15) is 0 Å². The molecular formula is C14H19N3. The van der Waals surface area contributed by atoms with Gasteiger partial charge in [-0.15, -0.1) is 0 Å². The van der Waals surface area contributed by atoms with E-state index in [0.717, 1.165) is 23.4 Å². The molecular weight excluding hydrogens is 210 g/mol. The first kappa shape index (κ1) is 11.8. The molecule has 0 aliphatic rings. The Bertz CT molecular complexity index is 468. The molecule has 3 heteroatoms. The molecule has 0 unspecified atom stereocenters. The monoisotopic (exact) mass is 229 g/mol. The molecule has 0 aliphatic heterocycles. The average Bonchev–Trinajstić information content (AvgIpc) is 2.38. The highest BCUT2D eigenvalue weighted by Gasteiger charge is 1.98. The third-order valence-electron chi connectivity index (χ3n) is 2.80. The Balaban J connectivity index is 1.90. The van der Waals surface area contributed by atoms with Crippen molar-refractivity contribution in [1.29, 1.82) is 0 Å². The number of unbranched alkanes of at least 4 members (excludes halogenated alkanes) is 3. The van der Waals surface area contributed by atoms with E-state index in [2.05, 4.69) is 22.2 Å². The number of nitrogens with zero attached hydrogens (tertiary/aromatic N) is 2. The molecule has 17 heavy (non-hydrogen) atoms. The number of rotatable bonds is 6. The standard InChI is InChI=1S/C14H19N3/c1-2-3-4-7-10-15-14-16-11-12-8-5-6-9-13(12)17-14/h5-6,8-9,11H,2-4,7,10H2,1H3,(H,15,16,17). The minimum Gasteiger partial charge on any atom is -0.354 e. The maximum Gasteiger partial charge on any atom is 0.223 e. The second-order valence-electron chi connectivity index (χ2n) is 4.24. The van der Waals surface area contributed by atoms with Crippen LogP contribution in [0.15, 0.2) is 30.5 Å². The summed E-state index contributed by atoms with van der Waals surface area (Å²) in [5, 5.41) is 4.36. The normalized spacial score (nSPS) is 10.6. The van der Waals surface area contributed by atoms with Crippen molar-refractivity contribution in [3.8, 4) is 0 Å². The van der Waals surface area contributed by atoms with Gasteiger partial charge >= 0.3 is 0 Å². The molecule has 0 aliphatic carbocycles. The van der Waals surface area contributed by atoms with Crippen LogP contribution in [0.4, 0.5) is 5.95 Å². The predicted octanol–water partition coefficient (Wildman–Crippen LogP) is 3.62. The molecule has 0 bridgehead atoms. The van der Waals surface area contributed by atoms with Crippen LogP contribution in [0.1, 0.15) is 32.6 Å². The number of anilines is 1. The molecule has 2 aromatic rings. The zero-order valence-corrected chi connectivity index (χ0v) is 10.3. The fourth-order valence-electron chi connectivity index (χ4n) is 1.81. The molecule has 0 spiro atoms. The van der Waals surface area contributed by atoms with Crippen LogP contribution < -0.4 is 5.32 Å². The van der Waals surface area contributed by atoms with E-state index in [4.69, 9.17) is 0 Å². The molecule has 1 aromatic carbocycles. The Labute approximate surface area is 102 Å². The SMILES string of the molecule is CCCCCCNc1ncc2ccccc2n1. The van der Waals surface area contributed by atoms with Crippen molar-refractivity contribution in [2.75, 3.05) is 11.9 Å². The number of aromatic nitrogens is 2. The molecule has 1 heterocycles. The number of fused-ring (bicyclic) bond motifs is 1. The fourth-order valence-corrected chi connectivity index (χ4v) is 1.81. The molecule has 0 fully saturated rings. The largest absolute Gasteiger partial charge is 0.354 e. The van der Waals surface area contributed by atoms with Crippen molar-refractivity contribution >= 4 is 16.9 Å². The summed E-state index contributed by atoms with van der Waals surface area (Å²) in [6.45, 7) is 3.18. The van der Waals surface area contributed by atoms with E-state index in [1.807, 2.05) is 30.5 Å². The summed E-state index contributed by atoms with van der Waals surface area (Å²) >= 11 is 0. The lowest BCUT2D eigenvalue weighted by Crippen LogP contribution is -2.05. The maximum absolute atomic E-state index is 4.47. The van der Waals surface area contributed by atoms with Gasteiger partial charge in [-0.1, -0.05) is 44.4 Å². The Morgan fingerprint density at radius 2 is 2.00 bits per heavy atom. The minimum atomic E-state index is 0.736. The highest BCUT2D eigenvalue weighted by Crippen LogP contribution is 2.11. The Morgan fingerprint density at radius 1 is 1.12 bits per heavy atom. The zero-order chi connectivity index (χ0) is 11.9. The summed E-state index contributed by atoms with van der Waals surface area (Å²) in [6.07, 6.45) is 6.91. The lowest BCUT2D eigenvalue weighted by atomic mass is 10.2. The predicted molar refractivity (Wildman–Crippen MR) is 72.2 cm³/mol. The summed E-state index contributed by atoms with van der Waals surface area (Å²) in [6, 6.07) is 8.05. The lowest BCUT2D eigenvalue weighted by molar-refractivity contribution is 0.683. The van der Waals surface area contributed by atoms with E-state index >= 15 is 0 Å². The molecule has 0 amide bonds. The van der Waals surface area contributed by atoms with Gasteiger partial charge in [-0.2, -0.15) is 0 Å². The van der Waals surface area contributed by atoms with Crippen LogP contribution in [0, 0.1) is 0 Å². The number of benzene rings is 1.